The van der Waals surface area contributed by atoms with E-state index >= 15 is 0 Å². The molecule has 0 unspecified atom stereocenters. The highest BCUT2D eigenvalue weighted by atomic mass is 19.4. The zero-order chi connectivity index (χ0) is 15.6. The van der Waals surface area contributed by atoms with Crippen molar-refractivity contribution in [3.8, 4) is 16.9 Å². The van der Waals surface area contributed by atoms with Crippen LogP contribution in [-0.2, 0) is 0 Å². The molecule has 2 rings (SSSR count). The van der Waals surface area contributed by atoms with Gasteiger partial charge in [-0.1, -0.05) is 12.1 Å². The van der Waals surface area contributed by atoms with Gasteiger partial charge in [0.05, 0.1) is 0 Å². The maximum Gasteiger partial charge on any atom is 0.422 e. The van der Waals surface area contributed by atoms with E-state index in [-0.39, 0.29) is 11.4 Å². The zero-order valence-electron chi connectivity index (χ0n) is 11.2. The van der Waals surface area contributed by atoms with E-state index in [1.165, 1.54) is 24.3 Å². The third kappa shape index (κ3) is 3.87. The van der Waals surface area contributed by atoms with Gasteiger partial charge in [-0.05, 0) is 30.7 Å². The Balaban J connectivity index is 2.27. The smallest absolute Gasteiger partial charge is 0.422 e. The molecule has 0 spiro atoms. The summed E-state index contributed by atoms with van der Waals surface area (Å²) in [5.74, 6) is -0.452. The Morgan fingerprint density at radius 3 is 2.29 bits per heavy atom. The minimum atomic E-state index is -4.42. The highest BCUT2D eigenvalue weighted by molar-refractivity contribution is 5.77. The first kappa shape index (κ1) is 15.2. The first-order valence-electron chi connectivity index (χ1n) is 6.12. The number of hydrogen-bond acceptors (Lipinski definition) is 2. The molecule has 0 atom stereocenters. The monoisotopic (exact) mass is 299 g/mol. The summed E-state index contributed by atoms with van der Waals surface area (Å²) in [5, 5.41) is 0. The number of hydrogen-bond donors (Lipinski definition) is 1. The lowest BCUT2D eigenvalue weighted by atomic mass is 10.0. The molecule has 0 fully saturated rings. The summed E-state index contributed by atoms with van der Waals surface area (Å²) >= 11 is 0. The molecule has 2 aromatic carbocycles. The van der Waals surface area contributed by atoms with Crippen LogP contribution in [0.5, 0.6) is 5.75 Å². The Labute approximate surface area is 119 Å². The average molecular weight is 299 g/mol. The number of rotatable bonds is 3. The molecule has 0 bridgehead atoms. The van der Waals surface area contributed by atoms with Crippen molar-refractivity contribution in [3.05, 3.63) is 47.8 Å². The molecule has 2 aromatic rings. The summed E-state index contributed by atoms with van der Waals surface area (Å²) in [6.45, 7) is 0.356. The fourth-order valence-corrected chi connectivity index (χ4v) is 1.88. The van der Waals surface area contributed by atoms with Gasteiger partial charge in [0.1, 0.15) is 11.6 Å². The van der Waals surface area contributed by atoms with Crippen LogP contribution >= 0.6 is 0 Å². The summed E-state index contributed by atoms with van der Waals surface area (Å²) in [7, 11) is 0. The second kappa shape index (κ2) is 5.63. The molecule has 0 saturated carbocycles. The standard InChI is InChI=1S/C15H13F4NO/c1-9-2-4-11(13(16)6-9)12-5-3-10(7-14(12)20)21-8-15(17,18)19/h2-7H,8,20H2,1H3. The van der Waals surface area contributed by atoms with Crippen molar-refractivity contribution in [3.63, 3.8) is 0 Å². The summed E-state index contributed by atoms with van der Waals surface area (Å²) in [6.07, 6.45) is -4.42. The predicted molar refractivity (Wildman–Crippen MR) is 72.5 cm³/mol. The molecule has 0 aliphatic heterocycles. The average Bonchev–Trinajstić information content (AvgIpc) is 2.37. The van der Waals surface area contributed by atoms with Gasteiger partial charge in [-0.15, -0.1) is 0 Å². The van der Waals surface area contributed by atoms with Crippen LogP contribution in [0.2, 0.25) is 0 Å². The van der Waals surface area contributed by atoms with Crippen molar-refractivity contribution in [2.75, 3.05) is 12.3 Å². The quantitative estimate of drug-likeness (QED) is 0.676. The van der Waals surface area contributed by atoms with Crippen LogP contribution in [-0.4, -0.2) is 12.8 Å². The van der Waals surface area contributed by atoms with E-state index in [1.807, 2.05) is 0 Å². The lowest BCUT2D eigenvalue weighted by molar-refractivity contribution is -0.153. The van der Waals surface area contributed by atoms with Gasteiger partial charge in [0, 0.05) is 22.9 Å². The minimum absolute atomic E-state index is 0.0129. The maximum atomic E-state index is 13.9. The van der Waals surface area contributed by atoms with Gasteiger partial charge in [-0.25, -0.2) is 4.39 Å². The normalized spacial score (nSPS) is 11.5. The fourth-order valence-electron chi connectivity index (χ4n) is 1.88. The highest BCUT2D eigenvalue weighted by Gasteiger charge is 2.28. The van der Waals surface area contributed by atoms with E-state index in [2.05, 4.69) is 4.74 Å². The molecular formula is C15H13F4NO. The van der Waals surface area contributed by atoms with Crippen molar-refractivity contribution in [1.29, 1.82) is 0 Å². The fraction of sp³-hybridized carbons (Fsp3) is 0.200. The summed E-state index contributed by atoms with van der Waals surface area (Å²) in [4.78, 5) is 0. The SMILES string of the molecule is Cc1ccc(-c2ccc(OCC(F)(F)F)cc2N)c(F)c1. The molecule has 2 nitrogen and oxygen atoms in total. The van der Waals surface area contributed by atoms with Crippen LogP contribution in [0.4, 0.5) is 23.2 Å². The van der Waals surface area contributed by atoms with Crippen molar-refractivity contribution >= 4 is 5.69 Å². The Morgan fingerprint density at radius 2 is 1.71 bits per heavy atom. The number of benzene rings is 2. The zero-order valence-corrected chi connectivity index (χ0v) is 11.2. The van der Waals surface area contributed by atoms with Crippen molar-refractivity contribution in [2.45, 2.75) is 13.1 Å². The third-order valence-electron chi connectivity index (χ3n) is 2.84. The molecule has 0 heterocycles. The molecule has 0 radical (unpaired) electrons. The van der Waals surface area contributed by atoms with E-state index in [0.29, 0.717) is 11.1 Å². The van der Waals surface area contributed by atoms with Gasteiger partial charge in [-0.2, -0.15) is 13.2 Å². The molecule has 112 valence electrons. The van der Waals surface area contributed by atoms with Crippen LogP contribution in [0.3, 0.4) is 0 Å². The lowest BCUT2D eigenvalue weighted by Gasteiger charge is -2.12. The third-order valence-corrected chi connectivity index (χ3v) is 2.84. The Morgan fingerprint density at radius 1 is 1.05 bits per heavy atom. The Hall–Kier alpha value is -2.24. The van der Waals surface area contributed by atoms with Gasteiger partial charge in [-0.3, -0.25) is 0 Å². The van der Waals surface area contributed by atoms with Gasteiger partial charge < -0.3 is 10.5 Å². The van der Waals surface area contributed by atoms with Gasteiger partial charge >= 0.3 is 6.18 Å². The second-order valence-electron chi connectivity index (χ2n) is 4.64. The molecule has 0 aromatic heterocycles. The largest absolute Gasteiger partial charge is 0.484 e. The number of ether oxygens (including phenoxy) is 1. The molecule has 6 heteroatoms. The van der Waals surface area contributed by atoms with Crippen molar-refractivity contribution in [2.24, 2.45) is 0 Å². The number of aryl methyl sites for hydroxylation is 1. The van der Waals surface area contributed by atoms with Gasteiger partial charge in [0.25, 0.3) is 0 Å². The molecule has 21 heavy (non-hydrogen) atoms. The van der Waals surface area contributed by atoms with Crippen LogP contribution in [0.25, 0.3) is 11.1 Å². The topological polar surface area (TPSA) is 35.2 Å². The maximum absolute atomic E-state index is 13.9. The van der Waals surface area contributed by atoms with Crippen LogP contribution < -0.4 is 10.5 Å². The van der Waals surface area contributed by atoms with Crippen molar-refractivity contribution in [1.82, 2.24) is 0 Å². The highest BCUT2D eigenvalue weighted by Crippen LogP contribution is 2.32. The number of nitrogens with two attached hydrogens (primary N) is 1. The molecule has 0 aliphatic rings. The minimum Gasteiger partial charge on any atom is -0.484 e. The molecular weight excluding hydrogens is 286 g/mol. The lowest BCUT2D eigenvalue weighted by Crippen LogP contribution is -2.19. The summed E-state index contributed by atoms with van der Waals surface area (Å²) in [5.41, 5.74) is 7.39. The van der Waals surface area contributed by atoms with Gasteiger partial charge in [0.15, 0.2) is 6.61 Å². The second-order valence-corrected chi connectivity index (χ2v) is 4.64. The van der Waals surface area contributed by atoms with E-state index in [0.717, 1.165) is 5.56 Å². The van der Waals surface area contributed by atoms with Crippen molar-refractivity contribution < 1.29 is 22.3 Å². The number of halogens is 4. The number of alkyl halides is 3. The Bertz CT molecular complexity index is 653. The van der Waals surface area contributed by atoms with Crippen LogP contribution in [0.1, 0.15) is 5.56 Å². The van der Waals surface area contributed by atoms with E-state index in [1.54, 1.807) is 19.1 Å². The molecule has 0 saturated heterocycles. The molecule has 2 N–H and O–H groups in total. The van der Waals surface area contributed by atoms with E-state index in [9.17, 15) is 17.6 Å². The van der Waals surface area contributed by atoms with E-state index < -0.39 is 18.6 Å². The number of nitrogen functional groups attached to an aromatic ring is 1. The summed E-state index contributed by atoms with van der Waals surface area (Å²) in [6, 6.07) is 8.69. The van der Waals surface area contributed by atoms with Gasteiger partial charge in [0.2, 0.25) is 0 Å². The molecule has 0 amide bonds. The van der Waals surface area contributed by atoms with Crippen LogP contribution in [0, 0.1) is 12.7 Å². The summed E-state index contributed by atoms with van der Waals surface area (Å²) < 4.78 is 54.7. The predicted octanol–water partition coefficient (Wildman–Crippen LogP) is 4.32. The number of anilines is 1. The first-order valence-corrected chi connectivity index (χ1v) is 6.12. The first-order chi connectivity index (χ1) is 9.76. The Kier molecular flexibility index (Phi) is 4.06. The van der Waals surface area contributed by atoms with E-state index in [4.69, 9.17) is 5.73 Å². The van der Waals surface area contributed by atoms with Crippen LogP contribution in [0.15, 0.2) is 36.4 Å². The molecule has 0 aliphatic carbocycles.